The van der Waals surface area contributed by atoms with E-state index >= 15 is 0 Å². The zero-order chi connectivity index (χ0) is 22.0. The number of hydrogen-bond acceptors (Lipinski definition) is 4. The molecule has 0 unspecified atom stereocenters. The molecule has 2 amide bonds. The Kier molecular flexibility index (Phi) is 6.70. The highest BCUT2D eigenvalue weighted by Crippen LogP contribution is 2.34. The van der Waals surface area contributed by atoms with Gasteiger partial charge in [-0.05, 0) is 50.0 Å². The topological polar surface area (TPSA) is 67.5 Å². The van der Waals surface area contributed by atoms with Crippen molar-refractivity contribution in [3.63, 3.8) is 0 Å². The molecule has 3 heterocycles. The van der Waals surface area contributed by atoms with Gasteiger partial charge in [0.15, 0.2) is 5.58 Å². The molecule has 6 nitrogen and oxygen atoms in total. The van der Waals surface area contributed by atoms with Crippen LogP contribution in [0.4, 0.5) is 0 Å². The number of furan rings is 1. The number of carbonyl (C=O) groups excluding carboxylic acids is 2. The highest BCUT2D eigenvalue weighted by Gasteiger charge is 2.48. The summed E-state index contributed by atoms with van der Waals surface area (Å²) in [7, 11) is 0. The minimum atomic E-state index is -0.917. The Morgan fingerprint density at radius 2 is 2.13 bits per heavy atom. The lowest BCUT2D eigenvalue weighted by molar-refractivity contribution is -0.134. The Labute approximate surface area is 189 Å². The monoisotopic (exact) mass is 445 g/mol. The van der Waals surface area contributed by atoms with Crippen molar-refractivity contribution < 1.29 is 14.0 Å². The Morgan fingerprint density at radius 1 is 1.32 bits per heavy atom. The van der Waals surface area contributed by atoms with Crippen LogP contribution in [0, 0.1) is 5.92 Å². The number of rotatable bonds is 8. The Hall–Kier alpha value is -1.89. The highest BCUT2D eigenvalue weighted by molar-refractivity contribution is 7.99. The quantitative estimate of drug-likeness (QED) is 0.599. The second-order valence-corrected chi connectivity index (χ2v) is 10.5. The number of carbonyl (C=O) groups is 2. The first-order valence-corrected chi connectivity index (χ1v) is 12.9. The fraction of sp³-hybridized carbons (Fsp3) is 0.667. The van der Waals surface area contributed by atoms with E-state index in [1.54, 1.807) is 6.26 Å². The molecule has 7 heteroatoms. The minimum Gasteiger partial charge on any atom is -0.463 e. The minimum absolute atomic E-state index is 0.0307. The molecular formula is C24H35N3O3S. The van der Waals surface area contributed by atoms with Crippen LogP contribution in [0.3, 0.4) is 0 Å². The lowest BCUT2D eigenvalue weighted by atomic mass is 9.85. The first-order chi connectivity index (χ1) is 15.0. The largest absolute Gasteiger partial charge is 0.463 e. The molecule has 170 valence electrons. The predicted molar refractivity (Wildman–Crippen MR) is 125 cm³/mol. The van der Waals surface area contributed by atoms with Crippen LogP contribution in [0.15, 0.2) is 22.8 Å². The normalized spacial score (nSPS) is 26.3. The average molecular weight is 446 g/mol. The lowest BCUT2D eigenvalue weighted by Gasteiger charge is -2.45. The maximum Gasteiger partial charge on any atom is 0.271 e. The average Bonchev–Trinajstić information content (AvgIpc) is 3.34. The van der Waals surface area contributed by atoms with Crippen LogP contribution in [-0.2, 0) is 11.3 Å². The first-order valence-electron chi connectivity index (χ1n) is 11.7. The number of aromatic nitrogens is 1. The van der Waals surface area contributed by atoms with Crippen molar-refractivity contribution in [2.24, 2.45) is 5.92 Å². The summed E-state index contributed by atoms with van der Waals surface area (Å²) in [6.07, 6.45) is 8.23. The van der Waals surface area contributed by atoms with Gasteiger partial charge in [-0.2, -0.15) is 11.8 Å². The second kappa shape index (κ2) is 9.31. The fourth-order valence-corrected chi connectivity index (χ4v) is 5.87. The second-order valence-electron chi connectivity index (χ2n) is 9.32. The number of nitrogens with one attached hydrogen (secondary N) is 1. The van der Waals surface area contributed by atoms with Crippen LogP contribution in [0.1, 0.15) is 69.8 Å². The van der Waals surface area contributed by atoms with E-state index in [-0.39, 0.29) is 17.9 Å². The molecule has 2 aromatic rings. The number of hydrogen-bond donors (Lipinski definition) is 1. The van der Waals surface area contributed by atoms with Crippen LogP contribution in [0.25, 0.3) is 11.1 Å². The molecule has 0 saturated heterocycles. The SMILES string of the molecule is CCCSCCCN1C(=O)c2cc3occc3n2C[C@]1(C)C(=O)N[C@@H]1CCCC[C@H]1C. The van der Waals surface area contributed by atoms with E-state index in [1.165, 1.54) is 6.42 Å². The van der Waals surface area contributed by atoms with Crippen molar-refractivity contribution in [3.05, 3.63) is 24.1 Å². The molecule has 1 aliphatic carbocycles. The summed E-state index contributed by atoms with van der Waals surface area (Å²) in [5.41, 5.74) is 1.28. The molecule has 1 N–H and O–H groups in total. The molecule has 3 atom stereocenters. The van der Waals surface area contributed by atoms with Crippen molar-refractivity contribution in [2.45, 2.75) is 77.4 Å². The van der Waals surface area contributed by atoms with Gasteiger partial charge in [0, 0.05) is 24.7 Å². The summed E-state index contributed by atoms with van der Waals surface area (Å²) in [6.45, 7) is 7.37. The Bertz CT molecular complexity index is 936. The molecule has 2 aromatic heterocycles. The van der Waals surface area contributed by atoms with E-state index in [1.807, 2.05) is 40.3 Å². The van der Waals surface area contributed by atoms with Gasteiger partial charge < -0.3 is 19.2 Å². The van der Waals surface area contributed by atoms with Gasteiger partial charge in [0.1, 0.15) is 11.2 Å². The molecule has 0 aromatic carbocycles. The molecule has 0 spiro atoms. The van der Waals surface area contributed by atoms with Crippen LogP contribution >= 0.6 is 11.8 Å². The first kappa shape index (κ1) is 22.3. The van der Waals surface area contributed by atoms with E-state index in [4.69, 9.17) is 4.42 Å². The van der Waals surface area contributed by atoms with Gasteiger partial charge >= 0.3 is 0 Å². The lowest BCUT2D eigenvalue weighted by Crippen LogP contribution is -2.65. The third-order valence-electron chi connectivity index (χ3n) is 6.98. The van der Waals surface area contributed by atoms with Crippen LogP contribution in [0.5, 0.6) is 0 Å². The number of fused-ring (bicyclic) bond motifs is 3. The highest BCUT2D eigenvalue weighted by atomic mass is 32.2. The van der Waals surface area contributed by atoms with Gasteiger partial charge in [-0.3, -0.25) is 9.59 Å². The van der Waals surface area contributed by atoms with Crippen LogP contribution in [-0.4, -0.2) is 50.9 Å². The van der Waals surface area contributed by atoms with Gasteiger partial charge in [-0.1, -0.05) is 26.7 Å². The van der Waals surface area contributed by atoms with Crippen molar-refractivity contribution in [2.75, 3.05) is 18.1 Å². The molecule has 1 fully saturated rings. The van der Waals surface area contributed by atoms with Crippen molar-refractivity contribution in [1.82, 2.24) is 14.8 Å². The molecule has 1 saturated carbocycles. The van der Waals surface area contributed by atoms with Crippen LogP contribution < -0.4 is 5.32 Å². The smallest absolute Gasteiger partial charge is 0.271 e. The van der Waals surface area contributed by atoms with Crippen LogP contribution in [0.2, 0.25) is 0 Å². The van der Waals surface area contributed by atoms with Gasteiger partial charge in [0.05, 0.1) is 18.3 Å². The summed E-state index contributed by atoms with van der Waals surface area (Å²) >= 11 is 1.91. The van der Waals surface area contributed by atoms with E-state index in [0.717, 1.165) is 49.1 Å². The molecule has 31 heavy (non-hydrogen) atoms. The summed E-state index contributed by atoms with van der Waals surface area (Å²) < 4.78 is 7.51. The number of amides is 2. The Balaban J connectivity index is 1.60. The van der Waals surface area contributed by atoms with Crippen molar-refractivity contribution in [3.8, 4) is 0 Å². The summed E-state index contributed by atoms with van der Waals surface area (Å²) in [6, 6.07) is 3.89. The van der Waals surface area contributed by atoms with E-state index in [0.29, 0.717) is 30.3 Å². The zero-order valence-corrected chi connectivity index (χ0v) is 19.8. The van der Waals surface area contributed by atoms with Crippen molar-refractivity contribution in [1.29, 1.82) is 0 Å². The maximum atomic E-state index is 13.7. The number of thioether (sulfide) groups is 1. The molecule has 0 bridgehead atoms. The predicted octanol–water partition coefficient (Wildman–Crippen LogP) is 4.68. The summed E-state index contributed by atoms with van der Waals surface area (Å²) in [5.74, 6) is 2.49. The van der Waals surface area contributed by atoms with Crippen molar-refractivity contribution >= 4 is 34.7 Å². The zero-order valence-electron chi connectivity index (χ0n) is 19.0. The molecule has 1 aliphatic heterocycles. The summed E-state index contributed by atoms with van der Waals surface area (Å²) in [5, 5.41) is 3.33. The van der Waals surface area contributed by atoms with Gasteiger partial charge in [0.25, 0.3) is 5.91 Å². The van der Waals surface area contributed by atoms with E-state index in [9.17, 15) is 9.59 Å². The third kappa shape index (κ3) is 4.26. The standard InChI is InChI=1S/C24H35N3O3S/c1-4-13-31-14-7-11-27-22(28)20-15-21-19(10-12-30-21)26(20)16-24(27,3)23(29)25-18-9-6-5-8-17(18)2/h10,12,15,17-18H,4-9,11,13-14,16H2,1-3H3,(H,25,29)/t17-,18-,24-/m1/s1. The molecular weight excluding hydrogens is 410 g/mol. The molecule has 4 rings (SSSR count). The van der Waals surface area contributed by atoms with Gasteiger partial charge in [-0.15, -0.1) is 0 Å². The van der Waals surface area contributed by atoms with E-state index in [2.05, 4.69) is 19.2 Å². The third-order valence-corrected chi connectivity index (χ3v) is 8.26. The maximum absolute atomic E-state index is 13.7. The molecule has 2 aliphatic rings. The Morgan fingerprint density at radius 3 is 2.90 bits per heavy atom. The molecule has 0 radical (unpaired) electrons. The number of nitrogens with zero attached hydrogens (tertiary/aromatic N) is 2. The fourth-order valence-electron chi connectivity index (χ4n) is 5.05. The van der Waals surface area contributed by atoms with Gasteiger partial charge in [-0.25, -0.2) is 0 Å². The summed E-state index contributed by atoms with van der Waals surface area (Å²) in [4.78, 5) is 29.1. The van der Waals surface area contributed by atoms with E-state index < -0.39 is 5.54 Å². The van der Waals surface area contributed by atoms with Gasteiger partial charge in [0.2, 0.25) is 5.91 Å².